The summed E-state index contributed by atoms with van der Waals surface area (Å²) in [7, 11) is 0. The van der Waals surface area contributed by atoms with Gasteiger partial charge in [-0.25, -0.2) is 0 Å². The first-order valence-electron chi connectivity index (χ1n) is 8.81. The molecule has 0 bridgehead atoms. The fourth-order valence-electron chi connectivity index (χ4n) is 3.70. The van der Waals surface area contributed by atoms with Crippen molar-refractivity contribution in [1.29, 1.82) is 0 Å². The standard InChI is InChI=1S/C23H16N2O2/c1-14-10-12-15(13-11-14)25-19-9-5-4-8-18(19)24-21-16-6-2-3-7-17(16)22(26)20(21)23(25)27/h2-13,24H,1H3. The summed E-state index contributed by atoms with van der Waals surface area (Å²) in [5, 5.41) is 2.11. The number of aromatic amines is 1. The van der Waals surface area contributed by atoms with Gasteiger partial charge in [-0.05, 0) is 31.2 Å². The molecule has 0 amide bonds. The molecule has 1 aliphatic heterocycles. The zero-order valence-corrected chi connectivity index (χ0v) is 14.7. The van der Waals surface area contributed by atoms with Crippen molar-refractivity contribution >= 4 is 21.8 Å². The number of benzene rings is 3. The number of aromatic nitrogens is 2. The smallest absolute Gasteiger partial charge is 0.269 e. The lowest BCUT2D eigenvalue weighted by Crippen LogP contribution is -2.21. The summed E-state index contributed by atoms with van der Waals surface area (Å²) in [5.41, 5.74) is 2.82. The van der Waals surface area contributed by atoms with E-state index in [0.717, 1.165) is 27.7 Å². The summed E-state index contributed by atoms with van der Waals surface area (Å²) in [6.45, 7) is 2.00. The third-order valence-corrected chi connectivity index (χ3v) is 5.03. The number of nitrogens with zero attached hydrogens (tertiary/aromatic N) is 1. The minimum atomic E-state index is -0.312. The van der Waals surface area contributed by atoms with E-state index in [1.165, 1.54) is 0 Å². The van der Waals surface area contributed by atoms with Crippen molar-refractivity contribution in [2.75, 3.05) is 0 Å². The van der Waals surface area contributed by atoms with E-state index in [2.05, 4.69) is 4.98 Å². The Labute approximate surface area is 154 Å². The van der Waals surface area contributed by atoms with Crippen LogP contribution >= 0.6 is 0 Å². The Balaban J connectivity index is 2.13. The van der Waals surface area contributed by atoms with E-state index in [1.807, 2.05) is 73.7 Å². The molecule has 27 heavy (non-hydrogen) atoms. The molecule has 3 aromatic rings. The Hall–Kier alpha value is -3.66. The minimum absolute atomic E-state index is 0.188. The molecular formula is C23H16N2O2. The second kappa shape index (κ2) is 5.68. The number of para-hydroxylation sites is 2. The van der Waals surface area contributed by atoms with Gasteiger partial charge in [-0.15, -0.1) is 0 Å². The van der Waals surface area contributed by atoms with Crippen LogP contribution in [-0.4, -0.2) is 9.55 Å². The van der Waals surface area contributed by atoms with E-state index < -0.39 is 0 Å². The lowest BCUT2D eigenvalue weighted by atomic mass is 10.2. The van der Waals surface area contributed by atoms with Gasteiger partial charge >= 0.3 is 0 Å². The first-order chi connectivity index (χ1) is 13.1. The zero-order valence-electron chi connectivity index (χ0n) is 14.7. The van der Waals surface area contributed by atoms with Crippen LogP contribution in [0.15, 0.2) is 82.4 Å². The Morgan fingerprint density at radius 1 is 0.778 bits per heavy atom. The largest absolute Gasteiger partial charge is 0.353 e. The predicted molar refractivity (Wildman–Crippen MR) is 108 cm³/mol. The summed E-state index contributed by atoms with van der Waals surface area (Å²) in [5.74, 6) is 0. The second-order valence-corrected chi connectivity index (χ2v) is 6.74. The maximum absolute atomic E-state index is 13.6. The molecule has 4 heteroatoms. The summed E-state index contributed by atoms with van der Waals surface area (Å²) in [6, 6.07) is 22.7. The molecule has 130 valence electrons. The van der Waals surface area contributed by atoms with Crippen molar-refractivity contribution in [2.45, 2.75) is 6.92 Å². The summed E-state index contributed by atoms with van der Waals surface area (Å²) in [4.78, 5) is 29.9. The lowest BCUT2D eigenvalue weighted by molar-refractivity contribution is 1.03. The molecule has 1 N–H and O–H groups in total. The number of hydrogen-bond donors (Lipinski definition) is 1. The summed E-state index contributed by atoms with van der Waals surface area (Å²) in [6.07, 6.45) is 0. The van der Waals surface area contributed by atoms with E-state index in [1.54, 1.807) is 10.6 Å². The highest BCUT2D eigenvalue weighted by Crippen LogP contribution is 2.18. The van der Waals surface area contributed by atoms with Crippen LogP contribution in [0.4, 0.5) is 0 Å². The number of fused-ring (bicyclic) bond motifs is 3. The zero-order chi connectivity index (χ0) is 18.5. The number of H-pyrrole nitrogens is 1. The average molecular weight is 352 g/mol. The van der Waals surface area contributed by atoms with Crippen LogP contribution in [0.1, 0.15) is 5.56 Å². The van der Waals surface area contributed by atoms with Gasteiger partial charge in [-0.2, -0.15) is 0 Å². The van der Waals surface area contributed by atoms with Crippen molar-refractivity contribution in [1.82, 2.24) is 9.55 Å². The SMILES string of the molecule is Cc1ccc(-n2c(=O)c3c(=O)c4ccccc4c=3[nH]c3ccccc32)cc1. The Kier molecular flexibility index (Phi) is 3.28. The first-order valence-corrected chi connectivity index (χ1v) is 8.81. The molecule has 1 aliphatic carbocycles. The molecule has 0 unspecified atom stereocenters. The molecule has 0 saturated carbocycles. The number of rotatable bonds is 1. The van der Waals surface area contributed by atoms with E-state index in [4.69, 9.17) is 0 Å². The molecule has 1 heterocycles. The molecule has 0 aromatic heterocycles. The van der Waals surface area contributed by atoms with Gasteiger partial charge in [0, 0.05) is 16.5 Å². The van der Waals surface area contributed by atoms with Gasteiger partial charge < -0.3 is 4.98 Å². The predicted octanol–water partition coefficient (Wildman–Crippen LogP) is 3.87. The molecule has 4 nitrogen and oxygen atoms in total. The maximum Gasteiger partial charge on any atom is 0.269 e. The second-order valence-electron chi connectivity index (χ2n) is 6.74. The van der Waals surface area contributed by atoms with Crippen molar-refractivity contribution < 1.29 is 0 Å². The van der Waals surface area contributed by atoms with Gasteiger partial charge in [0.05, 0.1) is 16.4 Å². The van der Waals surface area contributed by atoms with Crippen LogP contribution in [0, 0.1) is 17.5 Å². The lowest BCUT2D eigenvalue weighted by Gasteiger charge is -2.07. The van der Waals surface area contributed by atoms with Crippen LogP contribution < -0.4 is 11.0 Å². The highest BCUT2D eigenvalue weighted by atomic mass is 16.1. The van der Waals surface area contributed by atoms with E-state index in [0.29, 0.717) is 10.7 Å². The van der Waals surface area contributed by atoms with Gasteiger partial charge in [0.1, 0.15) is 5.22 Å². The van der Waals surface area contributed by atoms with Crippen LogP contribution in [0.25, 0.3) is 27.5 Å². The highest BCUT2D eigenvalue weighted by molar-refractivity contribution is 5.85. The van der Waals surface area contributed by atoms with Crippen molar-refractivity contribution in [3.05, 3.63) is 110 Å². The van der Waals surface area contributed by atoms with Crippen LogP contribution in [0.3, 0.4) is 0 Å². The van der Waals surface area contributed by atoms with Gasteiger partial charge in [0.2, 0.25) is 5.43 Å². The monoisotopic (exact) mass is 352 g/mol. The van der Waals surface area contributed by atoms with Crippen molar-refractivity contribution in [3.8, 4) is 5.69 Å². The average Bonchev–Trinajstić information content (AvgIpc) is 2.89. The third kappa shape index (κ3) is 2.23. The normalized spacial score (nSPS) is 11.4. The van der Waals surface area contributed by atoms with Gasteiger partial charge in [-0.3, -0.25) is 14.2 Å². The fraction of sp³-hybridized carbons (Fsp3) is 0.0435. The van der Waals surface area contributed by atoms with E-state index in [9.17, 15) is 9.59 Å². The number of nitrogens with one attached hydrogen (secondary N) is 1. The number of hydrogen-bond acceptors (Lipinski definition) is 2. The Bertz CT molecular complexity index is 1510. The summed E-state index contributed by atoms with van der Waals surface area (Å²) >= 11 is 0. The molecule has 3 aromatic carbocycles. The van der Waals surface area contributed by atoms with Crippen molar-refractivity contribution in [2.24, 2.45) is 0 Å². The molecule has 0 saturated heterocycles. The number of aryl methyl sites for hydroxylation is 1. The molecule has 2 aliphatic rings. The Morgan fingerprint density at radius 2 is 1.44 bits per heavy atom. The summed E-state index contributed by atoms with van der Waals surface area (Å²) < 4.78 is 1.62. The quantitative estimate of drug-likeness (QED) is 0.498. The molecule has 0 radical (unpaired) electrons. The van der Waals surface area contributed by atoms with Gasteiger partial charge in [0.25, 0.3) is 5.56 Å². The topological polar surface area (TPSA) is 54.9 Å². The first kappa shape index (κ1) is 15.6. The molecule has 0 atom stereocenters. The van der Waals surface area contributed by atoms with Crippen LogP contribution in [-0.2, 0) is 0 Å². The molecular weight excluding hydrogens is 336 g/mol. The molecule has 0 fully saturated rings. The van der Waals surface area contributed by atoms with Crippen LogP contribution in [0.2, 0.25) is 0 Å². The Morgan fingerprint density at radius 3 is 2.22 bits per heavy atom. The third-order valence-electron chi connectivity index (χ3n) is 5.03. The highest BCUT2D eigenvalue weighted by Gasteiger charge is 2.14. The molecule has 0 spiro atoms. The van der Waals surface area contributed by atoms with E-state index >= 15 is 0 Å². The maximum atomic E-state index is 13.6. The van der Waals surface area contributed by atoms with Crippen molar-refractivity contribution in [3.63, 3.8) is 0 Å². The minimum Gasteiger partial charge on any atom is -0.353 e. The van der Waals surface area contributed by atoms with E-state index in [-0.39, 0.29) is 16.2 Å². The van der Waals surface area contributed by atoms with Gasteiger partial charge in [-0.1, -0.05) is 54.1 Å². The van der Waals surface area contributed by atoms with Gasteiger partial charge in [0.15, 0.2) is 0 Å². The van der Waals surface area contributed by atoms with Crippen LogP contribution in [0.5, 0.6) is 0 Å². The molecule has 5 rings (SSSR count). The fourth-order valence-corrected chi connectivity index (χ4v) is 3.70.